The van der Waals surface area contributed by atoms with Crippen molar-refractivity contribution < 1.29 is 22.8 Å². The fourth-order valence-corrected chi connectivity index (χ4v) is 3.76. The second-order valence-corrected chi connectivity index (χ2v) is 7.30. The lowest BCUT2D eigenvalue weighted by Gasteiger charge is -2.35. The molecule has 0 radical (unpaired) electrons. The topological polar surface area (TPSA) is 61.4 Å². The van der Waals surface area contributed by atoms with Crippen molar-refractivity contribution in [2.75, 3.05) is 13.1 Å². The Labute approximate surface area is 156 Å². The molecular weight excluding hydrogens is 359 g/mol. The average molecular weight is 383 g/mol. The molecule has 0 saturated carbocycles. The smallest absolute Gasteiger partial charge is 0.351 e. The van der Waals surface area contributed by atoms with Crippen LogP contribution in [-0.4, -0.2) is 48.1 Å². The largest absolute Gasteiger partial charge is 0.408 e. The van der Waals surface area contributed by atoms with Gasteiger partial charge >= 0.3 is 6.18 Å². The van der Waals surface area contributed by atoms with Crippen LogP contribution in [0.3, 0.4) is 0 Å². The SMILES string of the molecule is O=C(NC1CCCN(Cc2ccccc2)C1)C1CCC(C(F)(F)F)NC1=O. The lowest BCUT2D eigenvalue weighted by Crippen LogP contribution is -2.56. The Hall–Kier alpha value is -2.09. The molecular formula is C19H24F3N3O2. The van der Waals surface area contributed by atoms with Gasteiger partial charge in [0, 0.05) is 19.1 Å². The van der Waals surface area contributed by atoms with E-state index in [4.69, 9.17) is 0 Å². The molecule has 2 aliphatic rings. The molecule has 1 aromatic rings. The Morgan fingerprint density at radius 3 is 2.59 bits per heavy atom. The van der Waals surface area contributed by atoms with Crippen LogP contribution < -0.4 is 10.6 Å². The highest BCUT2D eigenvalue weighted by Crippen LogP contribution is 2.28. The minimum Gasteiger partial charge on any atom is -0.351 e. The zero-order chi connectivity index (χ0) is 19.4. The molecule has 8 heteroatoms. The number of nitrogens with zero attached hydrogens (tertiary/aromatic N) is 1. The lowest BCUT2D eigenvalue weighted by molar-refractivity contribution is -0.171. The summed E-state index contributed by atoms with van der Waals surface area (Å²) in [4.78, 5) is 26.6. The van der Waals surface area contributed by atoms with Gasteiger partial charge in [-0.2, -0.15) is 13.2 Å². The van der Waals surface area contributed by atoms with Crippen molar-refractivity contribution in [2.45, 2.75) is 50.5 Å². The molecule has 27 heavy (non-hydrogen) atoms. The summed E-state index contributed by atoms with van der Waals surface area (Å²) in [6.07, 6.45) is -3.10. The van der Waals surface area contributed by atoms with E-state index in [-0.39, 0.29) is 18.9 Å². The molecule has 2 heterocycles. The standard InChI is InChI=1S/C19H24F3N3O2/c20-19(21,22)16-9-8-15(18(27)24-16)17(26)23-14-7-4-10-25(12-14)11-13-5-2-1-3-6-13/h1-3,5-6,14-16H,4,7-12H2,(H,23,26)(H,24,27). The van der Waals surface area contributed by atoms with Crippen LogP contribution >= 0.6 is 0 Å². The maximum absolute atomic E-state index is 12.7. The molecule has 2 fully saturated rings. The van der Waals surface area contributed by atoms with Gasteiger partial charge in [0.1, 0.15) is 12.0 Å². The summed E-state index contributed by atoms with van der Waals surface area (Å²) < 4.78 is 38.2. The molecule has 148 valence electrons. The van der Waals surface area contributed by atoms with Gasteiger partial charge in [-0.25, -0.2) is 0 Å². The van der Waals surface area contributed by atoms with E-state index in [2.05, 4.69) is 10.2 Å². The molecule has 5 nitrogen and oxygen atoms in total. The highest BCUT2D eigenvalue weighted by molar-refractivity contribution is 6.01. The lowest BCUT2D eigenvalue weighted by atomic mass is 9.92. The summed E-state index contributed by atoms with van der Waals surface area (Å²) in [7, 11) is 0. The predicted molar refractivity (Wildman–Crippen MR) is 93.6 cm³/mol. The minimum atomic E-state index is -4.47. The number of carbonyl (C=O) groups excluding carboxylic acids is 2. The van der Waals surface area contributed by atoms with E-state index < -0.39 is 30.0 Å². The molecule has 3 unspecified atom stereocenters. The summed E-state index contributed by atoms with van der Waals surface area (Å²) in [6.45, 7) is 2.38. The van der Waals surface area contributed by atoms with Gasteiger partial charge in [0.05, 0.1) is 0 Å². The molecule has 2 N–H and O–H groups in total. The van der Waals surface area contributed by atoms with Crippen molar-refractivity contribution in [1.29, 1.82) is 0 Å². The first-order chi connectivity index (χ1) is 12.8. The van der Waals surface area contributed by atoms with Crippen LogP contribution in [0.2, 0.25) is 0 Å². The zero-order valence-electron chi connectivity index (χ0n) is 15.0. The van der Waals surface area contributed by atoms with E-state index in [1.807, 2.05) is 35.6 Å². The molecule has 3 atom stereocenters. The van der Waals surface area contributed by atoms with Crippen LogP contribution in [0.5, 0.6) is 0 Å². The number of piperidine rings is 2. The van der Waals surface area contributed by atoms with Crippen LogP contribution in [-0.2, 0) is 16.1 Å². The first-order valence-electron chi connectivity index (χ1n) is 9.26. The summed E-state index contributed by atoms with van der Waals surface area (Å²) in [6, 6.07) is 8.06. The van der Waals surface area contributed by atoms with E-state index in [0.717, 1.165) is 25.9 Å². The van der Waals surface area contributed by atoms with Gasteiger partial charge in [0.25, 0.3) is 0 Å². The first kappa shape index (κ1) is 19.7. The molecule has 0 aromatic heterocycles. The van der Waals surface area contributed by atoms with E-state index in [0.29, 0.717) is 6.54 Å². The van der Waals surface area contributed by atoms with Crippen LogP contribution in [0.15, 0.2) is 30.3 Å². The van der Waals surface area contributed by atoms with Gasteiger partial charge in [-0.15, -0.1) is 0 Å². The van der Waals surface area contributed by atoms with Gasteiger partial charge in [-0.05, 0) is 37.8 Å². The Kier molecular flexibility index (Phi) is 6.04. The number of rotatable bonds is 4. The Morgan fingerprint density at radius 2 is 1.93 bits per heavy atom. The summed E-state index contributed by atoms with van der Waals surface area (Å²) in [5.41, 5.74) is 1.19. The van der Waals surface area contributed by atoms with E-state index >= 15 is 0 Å². The van der Waals surface area contributed by atoms with Gasteiger partial charge in [-0.3, -0.25) is 14.5 Å². The van der Waals surface area contributed by atoms with Crippen LogP contribution in [0.25, 0.3) is 0 Å². The number of hydrogen-bond donors (Lipinski definition) is 2. The number of nitrogens with one attached hydrogen (secondary N) is 2. The number of halogens is 3. The average Bonchev–Trinajstić information content (AvgIpc) is 2.62. The van der Waals surface area contributed by atoms with Crippen molar-refractivity contribution in [1.82, 2.24) is 15.5 Å². The molecule has 0 spiro atoms. The molecule has 3 rings (SSSR count). The number of alkyl halides is 3. The maximum atomic E-state index is 12.7. The number of hydrogen-bond acceptors (Lipinski definition) is 3. The summed E-state index contributed by atoms with van der Waals surface area (Å²) in [5.74, 6) is -2.36. The Balaban J connectivity index is 1.51. The van der Waals surface area contributed by atoms with Crippen molar-refractivity contribution in [3.63, 3.8) is 0 Å². The third kappa shape index (κ3) is 5.22. The number of likely N-dealkylation sites (tertiary alicyclic amines) is 1. The fourth-order valence-electron chi connectivity index (χ4n) is 3.76. The van der Waals surface area contributed by atoms with Gasteiger partial charge < -0.3 is 10.6 Å². The number of amides is 2. The Morgan fingerprint density at radius 1 is 1.19 bits per heavy atom. The van der Waals surface area contributed by atoms with Crippen molar-refractivity contribution in [2.24, 2.45) is 5.92 Å². The third-order valence-electron chi connectivity index (χ3n) is 5.19. The van der Waals surface area contributed by atoms with Crippen molar-refractivity contribution in [3.05, 3.63) is 35.9 Å². The summed E-state index contributed by atoms with van der Waals surface area (Å²) >= 11 is 0. The molecule has 2 aliphatic heterocycles. The molecule has 0 bridgehead atoms. The zero-order valence-corrected chi connectivity index (χ0v) is 15.0. The van der Waals surface area contributed by atoms with Crippen LogP contribution in [0.1, 0.15) is 31.2 Å². The normalized spacial score (nSPS) is 27.1. The second kappa shape index (κ2) is 8.29. The first-order valence-corrected chi connectivity index (χ1v) is 9.26. The van der Waals surface area contributed by atoms with Gasteiger partial charge in [0.15, 0.2) is 0 Å². The summed E-state index contributed by atoms with van der Waals surface area (Å²) in [5, 5.41) is 4.80. The van der Waals surface area contributed by atoms with Gasteiger partial charge in [-0.1, -0.05) is 30.3 Å². The van der Waals surface area contributed by atoms with Gasteiger partial charge in [0.2, 0.25) is 11.8 Å². The third-order valence-corrected chi connectivity index (χ3v) is 5.19. The Bertz CT molecular complexity index is 666. The van der Waals surface area contributed by atoms with Crippen LogP contribution in [0, 0.1) is 5.92 Å². The quantitative estimate of drug-likeness (QED) is 0.784. The molecule has 2 amide bonds. The minimum absolute atomic E-state index is 0.0811. The van der Waals surface area contributed by atoms with Crippen molar-refractivity contribution >= 4 is 11.8 Å². The molecule has 2 saturated heterocycles. The van der Waals surface area contributed by atoms with Crippen molar-refractivity contribution in [3.8, 4) is 0 Å². The maximum Gasteiger partial charge on any atom is 0.408 e. The number of benzene rings is 1. The monoisotopic (exact) mass is 383 g/mol. The van der Waals surface area contributed by atoms with E-state index in [9.17, 15) is 22.8 Å². The van der Waals surface area contributed by atoms with Crippen LogP contribution in [0.4, 0.5) is 13.2 Å². The highest BCUT2D eigenvalue weighted by Gasteiger charge is 2.46. The molecule has 0 aliphatic carbocycles. The van der Waals surface area contributed by atoms with E-state index in [1.54, 1.807) is 0 Å². The molecule has 1 aromatic carbocycles. The highest BCUT2D eigenvalue weighted by atomic mass is 19.4. The predicted octanol–water partition coefficient (Wildman–Crippen LogP) is 2.22. The fraction of sp³-hybridized carbons (Fsp3) is 0.579. The van der Waals surface area contributed by atoms with E-state index in [1.165, 1.54) is 5.56 Å². The second-order valence-electron chi connectivity index (χ2n) is 7.30. The number of carbonyl (C=O) groups is 2.